The molecule has 0 aliphatic rings. The van der Waals surface area contributed by atoms with Gasteiger partial charge in [-0.15, -0.1) is 0 Å². The molecule has 0 aromatic heterocycles. The monoisotopic (exact) mass is 912 g/mol. The number of primary amides is 1. The van der Waals surface area contributed by atoms with Gasteiger partial charge in [-0.2, -0.15) is 52.7 Å². The second-order valence-electron chi connectivity index (χ2n) is 14.9. The second kappa shape index (κ2) is 17.4. The highest BCUT2D eigenvalue weighted by molar-refractivity contribution is 6.11. The summed E-state index contributed by atoms with van der Waals surface area (Å²) in [5.41, 5.74) is -21.0. The number of aromatic carboxylic acids is 2. The Morgan fingerprint density at radius 3 is 1.22 bits per heavy atom. The zero-order chi connectivity index (χ0) is 48.6. The second-order valence-corrected chi connectivity index (χ2v) is 14.9. The zero-order valence-electron chi connectivity index (χ0n) is 33.2. The number of nitrogens with two attached hydrogens (primary N) is 1. The van der Waals surface area contributed by atoms with E-state index < -0.39 is 126 Å². The molecule has 22 heteroatoms. The molecule has 0 fully saturated rings. The van der Waals surface area contributed by atoms with E-state index in [0.29, 0.717) is 18.2 Å². The summed E-state index contributed by atoms with van der Waals surface area (Å²) in [5.74, 6) is -10.1. The highest BCUT2D eigenvalue weighted by Gasteiger charge is 2.74. The average Bonchev–Trinajstić information content (AvgIpc) is 3.11. The molecule has 0 bridgehead atoms. The summed E-state index contributed by atoms with van der Waals surface area (Å²) in [6.07, 6.45) is -24.4. The lowest BCUT2D eigenvalue weighted by Gasteiger charge is -2.39. The standard InChI is InChI=1S/C38H28F12N2O8.C3H8/c1-32(2,3)24-14-18(6-10-26(24)53)34(37(45,46)47,38(48,49)50)19-7-11-27(54)25(15-19)52-29(56)23-13-17(5-9-21(23)31(59)60)33(35(39,40)41,36(42,43)44)16-4-8-20(30(57)58)22(12-16)28(51)55;1-3-2/h4-15,53-54H,1-3H3,(H2,51,55)(H,52,56)(H,57,58)(H,59,60);3H2,1-2H3. The highest BCUT2D eigenvalue weighted by atomic mass is 19.4. The van der Waals surface area contributed by atoms with Crippen LogP contribution in [0.25, 0.3) is 0 Å². The van der Waals surface area contributed by atoms with Gasteiger partial charge >= 0.3 is 36.6 Å². The van der Waals surface area contributed by atoms with E-state index in [2.05, 4.69) is 13.8 Å². The van der Waals surface area contributed by atoms with Crippen molar-refractivity contribution in [3.63, 3.8) is 0 Å². The number of amides is 2. The summed E-state index contributed by atoms with van der Waals surface area (Å²) in [6, 6.07) is 1.41. The minimum Gasteiger partial charge on any atom is -0.508 e. The van der Waals surface area contributed by atoms with E-state index in [9.17, 15) is 39.6 Å². The molecule has 7 N–H and O–H groups in total. The Hall–Kier alpha value is -6.48. The number of carbonyl (C=O) groups is 4. The maximum absolute atomic E-state index is 15.1. The van der Waals surface area contributed by atoms with Gasteiger partial charge in [-0.05, 0) is 75.7 Å². The number of hydrogen-bond donors (Lipinski definition) is 6. The van der Waals surface area contributed by atoms with Crippen molar-refractivity contribution in [2.75, 3.05) is 5.32 Å². The zero-order valence-corrected chi connectivity index (χ0v) is 33.2. The molecule has 0 unspecified atom stereocenters. The molecule has 2 amide bonds. The Morgan fingerprint density at radius 1 is 0.524 bits per heavy atom. The molecule has 0 spiro atoms. The SMILES string of the molecule is CC(C)(C)c1cc(C(c2ccc(O)c(NC(=O)c3cc(C(c4ccc(C(=O)O)c(C(N)=O)c4)(C(F)(F)F)C(F)(F)F)ccc3C(=O)O)c2)(C(F)(F)F)C(F)(F)F)ccc1O.CCC. The first-order valence-electron chi connectivity index (χ1n) is 17.9. The first-order valence-corrected chi connectivity index (χ1v) is 17.9. The third-order valence-electron chi connectivity index (χ3n) is 9.49. The quantitative estimate of drug-likeness (QED) is 0.0707. The predicted octanol–water partition coefficient (Wildman–Crippen LogP) is 10.4. The average molecular weight is 913 g/mol. The van der Waals surface area contributed by atoms with Crippen molar-refractivity contribution in [3.05, 3.63) is 123 Å². The van der Waals surface area contributed by atoms with E-state index in [1.807, 2.05) is 0 Å². The van der Waals surface area contributed by atoms with E-state index in [1.165, 1.54) is 27.2 Å². The fraction of sp³-hybridized carbons (Fsp3) is 0.317. The number of halogens is 12. The Bertz CT molecular complexity index is 2390. The highest BCUT2D eigenvalue weighted by Crippen LogP contribution is 2.59. The minimum absolute atomic E-state index is 0.0113. The lowest BCUT2D eigenvalue weighted by atomic mass is 9.71. The van der Waals surface area contributed by atoms with E-state index in [4.69, 9.17) is 5.73 Å². The fourth-order valence-electron chi connectivity index (χ4n) is 6.71. The number of benzene rings is 4. The van der Waals surface area contributed by atoms with Crippen LogP contribution in [0.15, 0.2) is 72.8 Å². The van der Waals surface area contributed by atoms with Crippen LogP contribution in [0, 0.1) is 0 Å². The van der Waals surface area contributed by atoms with Crippen LogP contribution >= 0.6 is 0 Å². The normalized spacial score (nSPS) is 12.8. The summed E-state index contributed by atoms with van der Waals surface area (Å²) < 4.78 is 181. The van der Waals surface area contributed by atoms with Gasteiger partial charge in [0.15, 0.2) is 0 Å². The molecule has 0 saturated carbocycles. The maximum atomic E-state index is 15.1. The Morgan fingerprint density at radius 2 is 0.857 bits per heavy atom. The van der Waals surface area contributed by atoms with Crippen molar-refractivity contribution in [3.8, 4) is 11.5 Å². The van der Waals surface area contributed by atoms with Crippen LogP contribution in [0.3, 0.4) is 0 Å². The molecule has 4 aromatic carbocycles. The summed E-state index contributed by atoms with van der Waals surface area (Å²) in [4.78, 5) is 49.3. The van der Waals surface area contributed by atoms with Gasteiger partial charge in [0.1, 0.15) is 11.5 Å². The van der Waals surface area contributed by atoms with Gasteiger partial charge < -0.3 is 31.5 Å². The number of carboxylic acid groups (broad SMARTS) is 2. The summed E-state index contributed by atoms with van der Waals surface area (Å²) in [7, 11) is 0. The number of nitrogens with one attached hydrogen (secondary N) is 1. The number of rotatable bonds is 9. The fourth-order valence-corrected chi connectivity index (χ4v) is 6.71. The summed E-state index contributed by atoms with van der Waals surface area (Å²) >= 11 is 0. The van der Waals surface area contributed by atoms with Crippen LogP contribution in [0.4, 0.5) is 58.4 Å². The number of phenols is 2. The van der Waals surface area contributed by atoms with Gasteiger partial charge in [-0.25, -0.2) is 9.59 Å². The number of carboxylic acids is 2. The molecular formula is C41H36F12N2O8. The third kappa shape index (κ3) is 9.19. The maximum Gasteiger partial charge on any atom is 0.411 e. The Labute approximate surface area is 349 Å². The molecule has 0 aliphatic carbocycles. The number of anilines is 1. The summed E-state index contributed by atoms with van der Waals surface area (Å²) in [5, 5.41) is 41.4. The topological polar surface area (TPSA) is 187 Å². The van der Waals surface area contributed by atoms with Gasteiger partial charge in [-0.3, -0.25) is 9.59 Å². The number of phenolic OH excluding ortho intramolecular Hbond substituents is 2. The first-order chi connectivity index (χ1) is 28.6. The predicted molar refractivity (Wildman–Crippen MR) is 200 cm³/mol. The van der Waals surface area contributed by atoms with Gasteiger partial charge in [0.05, 0.1) is 27.9 Å². The van der Waals surface area contributed by atoms with Gasteiger partial charge in [0.2, 0.25) is 16.7 Å². The minimum atomic E-state index is -6.53. The molecule has 0 radical (unpaired) electrons. The molecule has 0 atom stereocenters. The Kier molecular flexibility index (Phi) is 14.0. The smallest absolute Gasteiger partial charge is 0.411 e. The molecule has 0 saturated heterocycles. The molecule has 4 rings (SSSR count). The van der Waals surface area contributed by atoms with Crippen molar-refractivity contribution >= 4 is 29.4 Å². The van der Waals surface area contributed by atoms with Crippen molar-refractivity contribution < 1.29 is 92.3 Å². The molecule has 342 valence electrons. The van der Waals surface area contributed by atoms with Crippen LogP contribution < -0.4 is 11.1 Å². The van der Waals surface area contributed by atoms with Crippen LogP contribution in [0.1, 0.15) is 110 Å². The van der Waals surface area contributed by atoms with Crippen molar-refractivity contribution in [2.24, 2.45) is 5.73 Å². The molecule has 63 heavy (non-hydrogen) atoms. The Balaban J connectivity index is 0.00000342. The van der Waals surface area contributed by atoms with Crippen molar-refractivity contribution in [1.29, 1.82) is 0 Å². The van der Waals surface area contributed by atoms with Crippen LogP contribution in [0.2, 0.25) is 0 Å². The van der Waals surface area contributed by atoms with Crippen molar-refractivity contribution in [1.82, 2.24) is 0 Å². The first kappa shape index (κ1) is 50.9. The van der Waals surface area contributed by atoms with E-state index in [0.717, 1.165) is 0 Å². The van der Waals surface area contributed by atoms with E-state index in [-0.39, 0.29) is 60.2 Å². The number of alkyl halides is 12. The molecule has 0 heterocycles. The molecular weight excluding hydrogens is 876 g/mol. The lowest BCUT2D eigenvalue weighted by molar-refractivity contribution is -0.290. The number of carbonyl (C=O) groups excluding carboxylic acids is 2. The third-order valence-corrected chi connectivity index (χ3v) is 9.49. The number of aromatic hydroxyl groups is 2. The van der Waals surface area contributed by atoms with Gasteiger partial charge in [0, 0.05) is 0 Å². The summed E-state index contributed by atoms with van der Waals surface area (Å²) in [6.45, 7) is 8.30. The molecule has 10 nitrogen and oxygen atoms in total. The molecule has 0 aliphatic heterocycles. The van der Waals surface area contributed by atoms with Crippen LogP contribution in [-0.2, 0) is 16.2 Å². The largest absolute Gasteiger partial charge is 0.508 e. The lowest BCUT2D eigenvalue weighted by Crippen LogP contribution is -2.55. The van der Waals surface area contributed by atoms with Crippen LogP contribution in [-0.4, -0.2) is 68.9 Å². The van der Waals surface area contributed by atoms with Crippen molar-refractivity contribution in [2.45, 2.75) is 82.0 Å². The van der Waals surface area contributed by atoms with Gasteiger partial charge in [0.25, 0.3) is 5.91 Å². The van der Waals surface area contributed by atoms with E-state index in [1.54, 1.807) is 5.32 Å². The molecule has 4 aromatic rings. The van der Waals surface area contributed by atoms with Crippen LogP contribution in [0.5, 0.6) is 11.5 Å². The van der Waals surface area contributed by atoms with E-state index >= 15 is 52.7 Å². The number of hydrogen-bond acceptors (Lipinski definition) is 6. The van der Waals surface area contributed by atoms with Gasteiger partial charge in [-0.1, -0.05) is 71.4 Å².